The van der Waals surface area contributed by atoms with Gasteiger partial charge < -0.3 is 20.4 Å². The van der Waals surface area contributed by atoms with Crippen LogP contribution in [0, 0.1) is 6.92 Å². The number of hydrogen-bond donors (Lipinski definition) is 2. The molecule has 1 saturated heterocycles. The van der Waals surface area contributed by atoms with Crippen molar-refractivity contribution >= 4 is 11.8 Å². The van der Waals surface area contributed by atoms with E-state index in [0.717, 1.165) is 51.0 Å². The van der Waals surface area contributed by atoms with Gasteiger partial charge >= 0.3 is 0 Å². The average molecular weight is 381 g/mol. The van der Waals surface area contributed by atoms with Crippen LogP contribution in [-0.4, -0.2) is 55.6 Å². The summed E-state index contributed by atoms with van der Waals surface area (Å²) in [5.74, 6) is 1.89. The molecule has 0 spiro atoms. The molecule has 0 aliphatic carbocycles. The Labute approximate surface area is 168 Å². The number of piperazine rings is 1. The normalized spacial score (nSPS) is 15.5. The average Bonchev–Trinajstić information content (AvgIpc) is 2.72. The summed E-state index contributed by atoms with van der Waals surface area (Å²) in [6.07, 6.45) is 1.90. The molecule has 2 heterocycles. The lowest BCUT2D eigenvalue weighted by Gasteiger charge is -2.33. The minimum absolute atomic E-state index is 0.631. The fourth-order valence-electron chi connectivity index (χ4n) is 3.27. The van der Waals surface area contributed by atoms with Crippen LogP contribution in [0.4, 0.5) is 5.82 Å². The zero-order valence-electron chi connectivity index (χ0n) is 17.3. The molecule has 150 valence electrons. The van der Waals surface area contributed by atoms with Gasteiger partial charge in [0.2, 0.25) is 0 Å². The summed E-state index contributed by atoms with van der Waals surface area (Å²) in [5.41, 5.74) is 3.75. The summed E-state index contributed by atoms with van der Waals surface area (Å²) in [7, 11) is 2.17. The molecule has 1 aromatic carbocycles. The molecule has 0 amide bonds. The molecule has 0 unspecified atom stereocenters. The maximum atomic E-state index is 4.77. The number of aromatic nitrogens is 1. The first kappa shape index (κ1) is 20.1. The maximum Gasteiger partial charge on any atom is 0.191 e. The topological polar surface area (TPSA) is 55.8 Å². The number of guanidine groups is 1. The van der Waals surface area contributed by atoms with Gasteiger partial charge in [-0.05, 0) is 49.7 Å². The van der Waals surface area contributed by atoms with Crippen LogP contribution < -0.4 is 15.5 Å². The molecular formula is C22H32N6. The standard InChI is InChI=1S/C22H32N6/c1-4-23-22(26-17-20-8-6-5-7-18(20)2)25-16-19-9-10-24-21(15-19)28-13-11-27(3)12-14-28/h5-10,15H,4,11-14,16-17H2,1-3H3,(H2,23,25,26). The van der Waals surface area contributed by atoms with E-state index in [1.54, 1.807) is 0 Å². The number of likely N-dealkylation sites (N-methyl/N-ethyl adjacent to an activating group) is 1. The molecule has 0 radical (unpaired) electrons. The highest BCUT2D eigenvalue weighted by Crippen LogP contribution is 2.15. The van der Waals surface area contributed by atoms with Gasteiger partial charge in [-0.15, -0.1) is 0 Å². The van der Waals surface area contributed by atoms with Gasteiger partial charge in [-0.1, -0.05) is 24.3 Å². The van der Waals surface area contributed by atoms with Gasteiger partial charge in [-0.2, -0.15) is 0 Å². The van der Waals surface area contributed by atoms with E-state index in [9.17, 15) is 0 Å². The number of benzene rings is 1. The highest BCUT2D eigenvalue weighted by molar-refractivity contribution is 5.79. The number of aryl methyl sites for hydroxylation is 1. The minimum Gasteiger partial charge on any atom is -0.357 e. The van der Waals surface area contributed by atoms with E-state index in [1.165, 1.54) is 16.7 Å². The second-order valence-corrected chi connectivity index (χ2v) is 7.29. The molecule has 2 N–H and O–H groups in total. The van der Waals surface area contributed by atoms with E-state index in [0.29, 0.717) is 6.54 Å². The molecule has 0 saturated carbocycles. The monoisotopic (exact) mass is 380 g/mol. The van der Waals surface area contributed by atoms with Crippen molar-refractivity contribution in [1.82, 2.24) is 20.5 Å². The summed E-state index contributed by atoms with van der Waals surface area (Å²) in [5, 5.41) is 6.77. The Bertz CT molecular complexity index is 780. The first-order chi connectivity index (χ1) is 13.7. The summed E-state index contributed by atoms with van der Waals surface area (Å²) < 4.78 is 0. The second-order valence-electron chi connectivity index (χ2n) is 7.29. The first-order valence-electron chi connectivity index (χ1n) is 10.1. The highest BCUT2D eigenvalue weighted by Gasteiger charge is 2.15. The van der Waals surface area contributed by atoms with Crippen molar-refractivity contribution in [3.8, 4) is 0 Å². The molecule has 1 aliphatic rings. The number of aliphatic imine (C=N–C) groups is 1. The number of rotatable bonds is 6. The Balaban J connectivity index is 1.62. The molecule has 28 heavy (non-hydrogen) atoms. The predicted octanol–water partition coefficient (Wildman–Crippen LogP) is 2.40. The summed E-state index contributed by atoms with van der Waals surface area (Å²) in [6.45, 7) is 10.7. The van der Waals surface area contributed by atoms with E-state index >= 15 is 0 Å². The fourth-order valence-corrected chi connectivity index (χ4v) is 3.27. The molecule has 1 aliphatic heterocycles. The lowest BCUT2D eigenvalue weighted by atomic mass is 10.1. The van der Waals surface area contributed by atoms with Crippen LogP contribution in [0.1, 0.15) is 23.6 Å². The lowest BCUT2D eigenvalue weighted by Crippen LogP contribution is -2.44. The van der Waals surface area contributed by atoms with E-state index in [4.69, 9.17) is 4.99 Å². The van der Waals surface area contributed by atoms with Gasteiger partial charge in [0.05, 0.1) is 6.54 Å². The van der Waals surface area contributed by atoms with Crippen LogP contribution in [0.15, 0.2) is 47.6 Å². The molecule has 3 rings (SSSR count). The van der Waals surface area contributed by atoms with Crippen molar-refractivity contribution < 1.29 is 0 Å². The molecule has 6 nitrogen and oxygen atoms in total. The Hall–Kier alpha value is -2.60. The van der Waals surface area contributed by atoms with Gasteiger partial charge in [0.25, 0.3) is 0 Å². The van der Waals surface area contributed by atoms with Gasteiger partial charge in [-0.3, -0.25) is 0 Å². The molecule has 2 aromatic rings. The molecular weight excluding hydrogens is 348 g/mol. The van der Waals surface area contributed by atoms with Gasteiger partial charge in [0.1, 0.15) is 5.82 Å². The third-order valence-corrected chi connectivity index (χ3v) is 5.11. The van der Waals surface area contributed by atoms with Crippen LogP contribution in [0.3, 0.4) is 0 Å². The Morgan fingerprint density at radius 2 is 1.89 bits per heavy atom. The minimum atomic E-state index is 0.631. The quantitative estimate of drug-likeness (QED) is 0.595. The zero-order chi connectivity index (χ0) is 19.8. The van der Waals surface area contributed by atoms with Crippen molar-refractivity contribution in [2.24, 2.45) is 4.99 Å². The second kappa shape index (κ2) is 10.1. The van der Waals surface area contributed by atoms with Crippen molar-refractivity contribution in [1.29, 1.82) is 0 Å². The summed E-state index contributed by atoms with van der Waals surface area (Å²) in [4.78, 5) is 14.0. The van der Waals surface area contributed by atoms with E-state index in [1.807, 2.05) is 12.3 Å². The van der Waals surface area contributed by atoms with Crippen molar-refractivity contribution in [3.05, 3.63) is 59.3 Å². The number of nitrogens with zero attached hydrogens (tertiary/aromatic N) is 4. The third-order valence-electron chi connectivity index (χ3n) is 5.11. The molecule has 1 fully saturated rings. The lowest BCUT2D eigenvalue weighted by molar-refractivity contribution is 0.312. The SMILES string of the molecule is CCNC(=NCc1ccnc(N2CCN(C)CC2)c1)NCc1ccccc1C. The Morgan fingerprint density at radius 1 is 1.11 bits per heavy atom. The number of hydrogen-bond acceptors (Lipinski definition) is 4. The molecule has 1 aromatic heterocycles. The van der Waals surface area contributed by atoms with Gasteiger partial charge in [0, 0.05) is 45.5 Å². The summed E-state index contributed by atoms with van der Waals surface area (Å²) >= 11 is 0. The van der Waals surface area contributed by atoms with Crippen molar-refractivity contribution in [2.75, 3.05) is 44.7 Å². The maximum absolute atomic E-state index is 4.77. The molecule has 0 bridgehead atoms. The van der Waals surface area contributed by atoms with E-state index in [-0.39, 0.29) is 0 Å². The van der Waals surface area contributed by atoms with Crippen molar-refractivity contribution in [3.63, 3.8) is 0 Å². The Kier molecular flexibility index (Phi) is 7.25. The first-order valence-corrected chi connectivity index (χ1v) is 10.1. The molecule has 0 atom stereocenters. The van der Waals surface area contributed by atoms with Gasteiger partial charge in [0.15, 0.2) is 5.96 Å². The predicted molar refractivity (Wildman–Crippen MR) is 117 cm³/mol. The van der Waals surface area contributed by atoms with Crippen LogP contribution in [-0.2, 0) is 13.1 Å². The van der Waals surface area contributed by atoms with E-state index < -0.39 is 0 Å². The van der Waals surface area contributed by atoms with Crippen LogP contribution >= 0.6 is 0 Å². The molecule has 6 heteroatoms. The van der Waals surface area contributed by atoms with Crippen molar-refractivity contribution in [2.45, 2.75) is 26.9 Å². The smallest absolute Gasteiger partial charge is 0.191 e. The fraction of sp³-hybridized carbons (Fsp3) is 0.455. The number of anilines is 1. The number of pyridine rings is 1. The highest BCUT2D eigenvalue weighted by atomic mass is 15.3. The zero-order valence-corrected chi connectivity index (χ0v) is 17.3. The van der Waals surface area contributed by atoms with Gasteiger partial charge in [-0.25, -0.2) is 9.98 Å². The third kappa shape index (κ3) is 5.70. The van der Waals surface area contributed by atoms with E-state index in [2.05, 4.69) is 76.6 Å². The van der Waals surface area contributed by atoms with Crippen LogP contribution in [0.2, 0.25) is 0 Å². The Morgan fingerprint density at radius 3 is 2.64 bits per heavy atom. The van der Waals surface area contributed by atoms with Crippen LogP contribution in [0.5, 0.6) is 0 Å². The summed E-state index contributed by atoms with van der Waals surface area (Å²) in [6, 6.07) is 12.6. The number of nitrogens with one attached hydrogen (secondary N) is 2. The van der Waals surface area contributed by atoms with Crippen LogP contribution in [0.25, 0.3) is 0 Å². The largest absolute Gasteiger partial charge is 0.357 e.